The fraction of sp³-hybridized carbons (Fsp3) is 0.300. The molecule has 1 aliphatic rings. The predicted octanol–water partition coefficient (Wildman–Crippen LogP) is 4.26. The number of methoxy groups -OCH3 is 1. The van der Waals surface area contributed by atoms with Gasteiger partial charge in [0, 0.05) is 5.56 Å². The summed E-state index contributed by atoms with van der Waals surface area (Å²) in [6.45, 7) is 7.51. The van der Waals surface area contributed by atoms with Gasteiger partial charge in [0.05, 0.1) is 40.6 Å². The average Bonchev–Trinajstić information content (AvgIpc) is 3.21. The van der Waals surface area contributed by atoms with E-state index in [1.165, 1.54) is 23.0 Å². The van der Waals surface area contributed by atoms with Crippen LogP contribution in [0.5, 0.6) is 17.2 Å². The van der Waals surface area contributed by atoms with Crippen molar-refractivity contribution in [3.05, 3.63) is 83.5 Å². The highest BCUT2D eigenvalue weighted by molar-refractivity contribution is 7.07. The Kier molecular flexibility index (Phi) is 9.03. The highest BCUT2D eigenvalue weighted by Gasteiger charge is 2.35. The van der Waals surface area contributed by atoms with Gasteiger partial charge in [-0.25, -0.2) is 9.79 Å². The number of benzene rings is 2. The summed E-state index contributed by atoms with van der Waals surface area (Å²) in [5.74, 6) is 3.11. The third-order valence-corrected chi connectivity index (χ3v) is 7.21. The maximum absolute atomic E-state index is 14.0. The van der Waals surface area contributed by atoms with Gasteiger partial charge in [-0.2, -0.15) is 0 Å². The van der Waals surface area contributed by atoms with Gasteiger partial charge in [-0.3, -0.25) is 9.36 Å². The highest BCUT2D eigenvalue weighted by atomic mass is 35.5. The number of halogens is 1. The molecule has 2 aromatic carbocycles. The number of allylic oxidation sites excluding steroid dienone is 1. The summed E-state index contributed by atoms with van der Waals surface area (Å²) in [6.07, 6.45) is 6.88. The Balaban J connectivity index is 1.94. The minimum Gasteiger partial charge on any atom is -0.493 e. The van der Waals surface area contributed by atoms with Gasteiger partial charge in [-0.15, -0.1) is 6.42 Å². The second-order valence-electron chi connectivity index (χ2n) is 9.03. The third-order valence-electron chi connectivity index (χ3n) is 5.94. The minimum absolute atomic E-state index is 0.0260. The first-order chi connectivity index (χ1) is 19.2. The third kappa shape index (κ3) is 5.79. The van der Waals surface area contributed by atoms with Crippen LogP contribution < -0.4 is 29.1 Å². The Bertz CT molecular complexity index is 1700. The molecule has 2 heterocycles. The second-order valence-corrected chi connectivity index (χ2v) is 10.4. The first-order valence-electron chi connectivity index (χ1n) is 12.6. The average molecular weight is 581 g/mol. The Labute approximate surface area is 241 Å². The summed E-state index contributed by atoms with van der Waals surface area (Å²) < 4.78 is 24.3. The van der Waals surface area contributed by atoms with E-state index in [1.807, 2.05) is 38.1 Å². The lowest BCUT2D eigenvalue weighted by atomic mass is 9.95. The number of esters is 1. The van der Waals surface area contributed by atoms with Gasteiger partial charge in [-0.05, 0) is 57.5 Å². The number of hydrogen-bond donors (Lipinski definition) is 0. The standard InChI is InChI=1S/C30H29ClN2O6S/c1-7-13-38-27-21(31)14-19(15-23(27)36-6)16-24-28(34)33-26(20-11-9-10-12-22(20)39-17(3)4)25(29(35)37-8-2)18(5)32-30(33)40-24/h1,9-12,14-17,26H,8,13H2,2-6H3/b24-16+/t26-/m0/s1. The van der Waals surface area contributed by atoms with Crippen LogP contribution in [0.1, 0.15) is 44.9 Å². The van der Waals surface area contributed by atoms with E-state index in [1.54, 1.807) is 32.1 Å². The monoisotopic (exact) mass is 580 g/mol. The fourth-order valence-electron chi connectivity index (χ4n) is 4.38. The summed E-state index contributed by atoms with van der Waals surface area (Å²) >= 11 is 7.66. The number of nitrogens with zero attached hydrogens (tertiary/aromatic N) is 2. The van der Waals surface area contributed by atoms with E-state index < -0.39 is 12.0 Å². The smallest absolute Gasteiger partial charge is 0.338 e. The molecule has 0 spiro atoms. The number of carbonyl (C=O) groups excluding carboxylic acids is 1. The molecular formula is C30H29ClN2O6S. The zero-order chi connectivity index (χ0) is 29.0. The van der Waals surface area contributed by atoms with Gasteiger partial charge in [0.2, 0.25) is 0 Å². The number of thiazole rings is 1. The van der Waals surface area contributed by atoms with Crippen LogP contribution in [0.2, 0.25) is 5.02 Å². The molecule has 40 heavy (non-hydrogen) atoms. The molecule has 1 atom stereocenters. The predicted molar refractivity (Wildman–Crippen MR) is 155 cm³/mol. The normalized spacial score (nSPS) is 14.8. The molecule has 0 amide bonds. The van der Waals surface area contributed by atoms with Crippen LogP contribution in [0.15, 0.2) is 57.5 Å². The molecule has 0 aliphatic carbocycles. The maximum atomic E-state index is 14.0. The molecule has 0 saturated heterocycles. The van der Waals surface area contributed by atoms with Crippen LogP contribution in [0.4, 0.5) is 0 Å². The molecule has 8 nitrogen and oxygen atoms in total. The quantitative estimate of drug-likeness (QED) is 0.278. The molecule has 0 unspecified atom stereocenters. The van der Waals surface area contributed by atoms with Crippen molar-refractivity contribution < 1.29 is 23.7 Å². The van der Waals surface area contributed by atoms with Crippen LogP contribution in [0.25, 0.3) is 6.08 Å². The lowest BCUT2D eigenvalue weighted by molar-refractivity contribution is -0.139. The van der Waals surface area contributed by atoms with Gasteiger partial charge in [0.25, 0.3) is 5.56 Å². The zero-order valence-corrected chi connectivity index (χ0v) is 24.4. The molecule has 208 valence electrons. The Morgan fingerprint density at radius 3 is 2.70 bits per heavy atom. The molecule has 1 aliphatic heterocycles. The van der Waals surface area contributed by atoms with Gasteiger partial charge in [-0.1, -0.05) is 47.1 Å². The first-order valence-corrected chi connectivity index (χ1v) is 13.8. The van der Waals surface area contributed by atoms with Crippen molar-refractivity contribution >= 4 is 35.0 Å². The van der Waals surface area contributed by atoms with Gasteiger partial charge >= 0.3 is 5.97 Å². The van der Waals surface area contributed by atoms with Gasteiger partial charge in [0.1, 0.15) is 18.4 Å². The van der Waals surface area contributed by atoms with Crippen LogP contribution in [-0.4, -0.2) is 37.0 Å². The van der Waals surface area contributed by atoms with Crippen molar-refractivity contribution in [2.24, 2.45) is 4.99 Å². The minimum atomic E-state index is -0.801. The molecular weight excluding hydrogens is 552 g/mol. The number of para-hydroxylation sites is 1. The first kappa shape index (κ1) is 29.0. The van der Waals surface area contributed by atoms with Crippen LogP contribution in [0.3, 0.4) is 0 Å². The zero-order valence-electron chi connectivity index (χ0n) is 22.8. The van der Waals surface area contributed by atoms with Crippen molar-refractivity contribution in [2.45, 2.75) is 39.8 Å². The van der Waals surface area contributed by atoms with Gasteiger partial charge in [0.15, 0.2) is 16.3 Å². The fourth-order valence-corrected chi connectivity index (χ4v) is 5.70. The molecule has 0 bridgehead atoms. The summed E-state index contributed by atoms with van der Waals surface area (Å²) in [6, 6.07) is 9.92. The number of fused-ring (bicyclic) bond motifs is 1. The number of aromatic nitrogens is 1. The number of terminal acetylenes is 1. The number of hydrogen-bond acceptors (Lipinski definition) is 8. The SMILES string of the molecule is C#CCOc1c(Cl)cc(/C=c2/sc3n(c2=O)[C@@H](c2ccccc2OC(C)C)C(C(=O)OCC)=C(C)N=3)cc1OC. The molecule has 10 heteroatoms. The molecule has 0 saturated carbocycles. The molecule has 0 fully saturated rings. The van der Waals surface area contributed by atoms with E-state index >= 15 is 0 Å². The Morgan fingerprint density at radius 1 is 1.27 bits per heavy atom. The lowest BCUT2D eigenvalue weighted by Crippen LogP contribution is -2.40. The maximum Gasteiger partial charge on any atom is 0.338 e. The van der Waals surface area contributed by atoms with E-state index in [9.17, 15) is 9.59 Å². The van der Waals surface area contributed by atoms with Gasteiger partial charge < -0.3 is 18.9 Å². The number of carbonyl (C=O) groups is 1. The van der Waals surface area contributed by atoms with Crippen molar-refractivity contribution in [1.29, 1.82) is 0 Å². The van der Waals surface area contributed by atoms with E-state index in [4.69, 9.17) is 37.0 Å². The van der Waals surface area contributed by atoms with E-state index in [-0.39, 0.29) is 35.5 Å². The highest BCUT2D eigenvalue weighted by Crippen LogP contribution is 2.37. The van der Waals surface area contributed by atoms with Crippen molar-refractivity contribution in [3.8, 4) is 29.6 Å². The molecule has 0 radical (unpaired) electrons. The Morgan fingerprint density at radius 2 is 2.02 bits per heavy atom. The largest absolute Gasteiger partial charge is 0.493 e. The molecule has 0 N–H and O–H groups in total. The van der Waals surface area contributed by atoms with Crippen LogP contribution in [-0.2, 0) is 9.53 Å². The summed E-state index contributed by atoms with van der Waals surface area (Å²) in [7, 11) is 1.49. The topological polar surface area (TPSA) is 88.4 Å². The van der Waals surface area contributed by atoms with Crippen molar-refractivity contribution in [1.82, 2.24) is 4.57 Å². The number of ether oxygens (including phenoxy) is 4. The molecule has 4 rings (SSSR count). The second kappa shape index (κ2) is 12.5. The number of rotatable bonds is 9. The van der Waals surface area contributed by atoms with Crippen molar-refractivity contribution in [3.63, 3.8) is 0 Å². The van der Waals surface area contributed by atoms with E-state index in [2.05, 4.69) is 10.9 Å². The Hall–Kier alpha value is -4.00. The van der Waals surface area contributed by atoms with E-state index in [0.717, 1.165) is 0 Å². The van der Waals surface area contributed by atoms with Crippen molar-refractivity contribution in [2.75, 3.05) is 20.3 Å². The summed E-state index contributed by atoms with van der Waals surface area (Å²) in [5, 5.41) is 0.284. The molecule has 3 aromatic rings. The summed E-state index contributed by atoms with van der Waals surface area (Å²) in [5.41, 5.74) is 1.68. The van der Waals surface area contributed by atoms with Crippen LogP contribution >= 0.6 is 22.9 Å². The van der Waals surface area contributed by atoms with E-state index in [0.29, 0.717) is 43.4 Å². The summed E-state index contributed by atoms with van der Waals surface area (Å²) in [4.78, 5) is 32.2. The lowest BCUT2D eigenvalue weighted by Gasteiger charge is -2.26. The van der Waals surface area contributed by atoms with Crippen LogP contribution in [0, 0.1) is 12.3 Å². The molecule has 1 aromatic heterocycles.